The highest BCUT2D eigenvalue weighted by Crippen LogP contribution is 1.97. The third-order valence-corrected chi connectivity index (χ3v) is 1.87. The van der Waals surface area contributed by atoms with E-state index < -0.39 is 0 Å². The Balaban J connectivity index is 3.64. The molecule has 0 rings (SSSR count). The van der Waals surface area contributed by atoms with Crippen LogP contribution >= 0.6 is 0 Å². The van der Waals surface area contributed by atoms with Crippen LogP contribution in [0.2, 0.25) is 0 Å². The zero-order valence-corrected chi connectivity index (χ0v) is 8.58. The molecule has 0 atom stereocenters. The van der Waals surface area contributed by atoms with Crippen molar-refractivity contribution >= 4 is 5.91 Å². The van der Waals surface area contributed by atoms with Crippen LogP contribution in [0.25, 0.3) is 0 Å². The predicted octanol–water partition coefficient (Wildman–Crippen LogP) is 0.220. The summed E-state index contributed by atoms with van der Waals surface area (Å²) in [7, 11) is 1.64. The molecule has 0 aliphatic heterocycles. The van der Waals surface area contributed by atoms with Gasteiger partial charge in [0.15, 0.2) is 0 Å². The fourth-order valence-electron chi connectivity index (χ4n) is 1.14. The van der Waals surface area contributed by atoms with Crippen LogP contribution in [0, 0.1) is 0 Å². The number of carbonyl (C=O) groups excluding carboxylic acids is 1. The second-order valence-corrected chi connectivity index (χ2v) is 2.86. The van der Waals surface area contributed by atoms with Crippen LogP contribution in [-0.2, 0) is 9.53 Å². The minimum Gasteiger partial charge on any atom is -0.385 e. The first-order valence-electron chi connectivity index (χ1n) is 4.73. The number of carbonyl (C=O) groups is 1. The largest absolute Gasteiger partial charge is 0.385 e. The Bertz CT molecular complexity index is 140. The molecule has 4 nitrogen and oxygen atoms in total. The summed E-state index contributed by atoms with van der Waals surface area (Å²) in [4.78, 5) is 13.2. The van der Waals surface area contributed by atoms with Crippen molar-refractivity contribution in [2.75, 3.05) is 33.4 Å². The molecule has 0 saturated heterocycles. The minimum absolute atomic E-state index is 0.171. The van der Waals surface area contributed by atoms with Crippen LogP contribution in [0.15, 0.2) is 0 Å². The maximum absolute atomic E-state index is 11.5. The number of hydrogen-bond acceptors (Lipinski definition) is 3. The van der Waals surface area contributed by atoms with Crippen LogP contribution < -0.4 is 5.73 Å². The van der Waals surface area contributed by atoms with Gasteiger partial charge in [-0.1, -0.05) is 0 Å². The van der Waals surface area contributed by atoms with E-state index in [-0.39, 0.29) is 5.91 Å². The van der Waals surface area contributed by atoms with E-state index >= 15 is 0 Å². The van der Waals surface area contributed by atoms with Gasteiger partial charge >= 0.3 is 0 Å². The third-order valence-electron chi connectivity index (χ3n) is 1.87. The van der Waals surface area contributed by atoms with E-state index in [1.54, 1.807) is 12.0 Å². The van der Waals surface area contributed by atoms with Crippen LogP contribution in [0.5, 0.6) is 0 Å². The highest BCUT2D eigenvalue weighted by molar-refractivity contribution is 5.76. The Morgan fingerprint density at radius 3 is 2.69 bits per heavy atom. The van der Waals surface area contributed by atoms with Gasteiger partial charge in [-0.2, -0.15) is 0 Å². The molecule has 2 N–H and O–H groups in total. The Hall–Kier alpha value is -0.610. The van der Waals surface area contributed by atoms with E-state index in [9.17, 15) is 4.79 Å². The highest BCUT2D eigenvalue weighted by atomic mass is 16.5. The average Bonchev–Trinajstić information content (AvgIpc) is 2.14. The number of nitrogens with two attached hydrogens (primary N) is 1. The molecule has 0 bridgehead atoms. The molecule has 78 valence electrons. The molecule has 0 fully saturated rings. The molecule has 0 aromatic rings. The van der Waals surface area contributed by atoms with Crippen molar-refractivity contribution in [3.05, 3.63) is 0 Å². The summed E-state index contributed by atoms with van der Waals surface area (Å²) in [5, 5.41) is 0. The molecule has 0 aromatic carbocycles. The van der Waals surface area contributed by atoms with Gasteiger partial charge in [0.25, 0.3) is 0 Å². The molecule has 1 amide bonds. The summed E-state index contributed by atoms with van der Waals surface area (Å²) in [5.74, 6) is 0.171. The van der Waals surface area contributed by atoms with Gasteiger partial charge in [-0.25, -0.2) is 0 Å². The fourth-order valence-corrected chi connectivity index (χ4v) is 1.14. The third kappa shape index (κ3) is 5.60. The topological polar surface area (TPSA) is 55.6 Å². The summed E-state index contributed by atoms with van der Waals surface area (Å²) >= 11 is 0. The van der Waals surface area contributed by atoms with Crippen LogP contribution in [-0.4, -0.2) is 44.2 Å². The summed E-state index contributed by atoms with van der Waals surface area (Å²) in [5.41, 5.74) is 5.38. The minimum atomic E-state index is 0.171. The lowest BCUT2D eigenvalue weighted by Gasteiger charge is -2.19. The molecule has 0 radical (unpaired) electrons. The first kappa shape index (κ1) is 12.4. The molecule has 0 saturated carbocycles. The van der Waals surface area contributed by atoms with E-state index in [0.29, 0.717) is 26.1 Å². The normalized spacial score (nSPS) is 10.1. The average molecular weight is 188 g/mol. The first-order valence-corrected chi connectivity index (χ1v) is 4.73. The molecule has 0 aliphatic rings. The quantitative estimate of drug-likeness (QED) is 0.581. The van der Waals surface area contributed by atoms with E-state index in [2.05, 4.69) is 0 Å². The van der Waals surface area contributed by atoms with Crippen LogP contribution in [0.1, 0.15) is 19.8 Å². The van der Waals surface area contributed by atoms with Crippen molar-refractivity contribution in [1.29, 1.82) is 0 Å². The molecule has 13 heavy (non-hydrogen) atoms. The molecular weight excluding hydrogens is 168 g/mol. The summed E-state index contributed by atoms with van der Waals surface area (Å²) in [6.07, 6.45) is 1.35. The molecule has 0 spiro atoms. The lowest BCUT2D eigenvalue weighted by Crippen LogP contribution is -2.35. The van der Waals surface area contributed by atoms with Crippen molar-refractivity contribution in [1.82, 2.24) is 4.90 Å². The number of methoxy groups -OCH3 is 1. The molecule has 0 aliphatic carbocycles. The van der Waals surface area contributed by atoms with Gasteiger partial charge < -0.3 is 15.4 Å². The fraction of sp³-hybridized carbons (Fsp3) is 0.889. The monoisotopic (exact) mass is 188 g/mol. The van der Waals surface area contributed by atoms with Crippen molar-refractivity contribution in [2.45, 2.75) is 19.8 Å². The Kier molecular flexibility index (Phi) is 7.63. The molecule has 0 heterocycles. The zero-order chi connectivity index (χ0) is 10.1. The number of nitrogens with zero attached hydrogens (tertiary/aromatic N) is 1. The number of rotatable bonds is 7. The zero-order valence-electron chi connectivity index (χ0n) is 8.58. The lowest BCUT2D eigenvalue weighted by atomic mass is 10.3. The highest BCUT2D eigenvalue weighted by Gasteiger charge is 2.09. The number of amides is 1. The van der Waals surface area contributed by atoms with Crippen molar-refractivity contribution in [2.24, 2.45) is 5.73 Å². The van der Waals surface area contributed by atoms with Gasteiger partial charge in [-0.15, -0.1) is 0 Å². The van der Waals surface area contributed by atoms with Gasteiger partial charge in [0, 0.05) is 39.8 Å². The second-order valence-electron chi connectivity index (χ2n) is 2.86. The molecule has 0 aromatic heterocycles. The summed E-state index contributed by atoms with van der Waals surface area (Å²) in [6.45, 7) is 4.53. The van der Waals surface area contributed by atoms with E-state index in [1.807, 2.05) is 6.92 Å². The van der Waals surface area contributed by atoms with Gasteiger partial charge in [-0.3, -0.25) is 4.79 Å². The Morgan fingerprint density at radius 2 is 2.23 bits per heavy atom. The lowest BCUT2D eigenvalue weighted by molar-refractivity contribution is -0.131. The Labute approximate surface area is 80.0 Å². The van der Waals surface area contributed by atoms with Gasteiger partial charge in [0.1, 0.15) is 0 Å². The van der Waals surface area contributed by atoms with E-state index in [0.717, 1.165) is 13.0 Å². The van der Waals surface area contributed by atoms with Gasteiger partial charge in [0.2, 0.25) is 5.91 Å². The number of ether oxygens (including phenoxy) is 1. The van der Waals surface area contributed by atoms with Crippen LogP contribution in [0.4, 0.5) is 0 Å². The maximum Gasteiger partial charge on any atom is 0.222 e. The molecule has 4 heteroatoms. The number of hydrogen-bond donors (Lipinski definition) is 1. The molecule has 0 unspecified atom stereocenters. The number of likely N-dealkylation sites (N-methyl/N-ethyl adjacent to an activating group) is 1. The van der Waals surface area contributed by atoms with Crippen molar-refractivity contribution in [3.8, 4) is 0 Å². The van der Waals surface area contributed by atoms with E-state index in [4.69, 9.17) is 10.5 Å². The smallest absolute Gasteiger partial charge is 0.222 e. The molecular formula is C9H20N2O2. The standard InChI is InChI=1S/C9H20N2O2/c1-3-11(7-6-10)9(12)5-4-8-13-2/h3-8,10H2,1-2H3. The summed E-state index contributed by atoms with van der Waals surface area (Å²) in [6, 6.07) is 0. The van der Waals surface area contributed by atoms with E-state index in [1.165, 1.54) is 0 Å². The summed E-state index contributed by atoms with van der Waals surface area (Å²) < 4.78 is 4.87. The first-order chi connectivity index (χ1) is 6.26. The van der Waals surface area contributed by atoms with Crippen LogP contribution in [0.3, 0.4) is 0 Å². The Morgan fingerprint density at radius 1 is 1.54 bits per heavy atom. The van der Waals surface area contributed by atoms with Gasteiger partial charge in [-0.05, 0) is 13.3 Å². The van der Waals surface area contributed by atoms with Crippen molar-refractivity contribution < 1.29 is 9.53 Å². The SMILES string of the molecule is CCN(CCN)C(=O)CCCOC. The predicted molar refractivity (Wildman–Crippen MR) is 52.4 cm³/mol. The maximum atomic E-state index is 11.5. The van der Waals surface area contributed by atoms with Crippen molar-refractivity contribution in [3.63, 3.8) is 0 Å². The second kappa shape index (κ2) is 8.01. The van der Waals surface area contributed by atoms with Gasteiger partial charge in [0.05, 0.1) is 0 Å².